The molecule has 0 aliphatic rings. The number of aromatic nitrogens is 2. The molecule has 1 aromatic carbocycles. The van der Waals surface area contributed by atoms with Crippen molar-refractivity contribution < 1.29 is 9.90 Å². The Morgan fingerprint density at radius 3 is 2.94 bits per heavy atom. The second-order valence-electron chi connectivity index (χ2n) is 3.59. The smallest absolute Gasteiger partial charge is 0.345 e. The molecular formula is C12H8N2O2S. The summed E-state index contributed by atoms with van der Waals surface area (Å²) in [4.78, 5) is 11.1. The van der Waals surface area contributed by atoms with Crippen LogP contribution in [0, 0.1) is 0 Å². The zero-order valence-electron chi connectivity index (χ0n) is 8.70. The van der Waals surface area contributed by atoms with E-state index in [0.717, 1.165) is 16.6 Å². The van der Waals surface area contributed by atoms with Gasteiger partial charge in [-0.15, -0.1) is 11.3 Å². The minimum absolute atomic E-state index is 0.319. The van der Waals surface area contributed by atoms with Crippen molar-refractivity contribution in [3.8, 4) is 5.69 Å². The summed E-state index contributed by atoms with van der Waals surface area (Å²) in [6.45, 7) is 0. The van der Waals surface area contributed by atoms with Crippen LogP contribution in [0.5, 0.6) is 0 Å². The van der Waals surface area contributed by atoms with Gasteiger partial charge in [0.05, 0.1) is 17.4 Å². The van der Waals surface area contributed by atoms with Gasteiger partial charge in [0.15, 0.2) is 0 Å². The summed E-state index contributed by atoms with van der Waals surface area (Å²) >= 11 is 1.20. The zero-order chi connectivity index (χ0) is 11.8. The lowest BCUT2D eigenvalue weighted by molar-refractivity contribution is 0.0702. The molecule has 0 bridgehead atoms. The van der Waals surface area contributed by atoms with Gasteiger partial charge in [0, 0.05) is 10.8 Å². The van der Waals surface area contributed by atoms with Crippen molar-refractivity contribution in [3.05, 3.63) is 46.8 Å². The minimum atomic E-state index is -0.905. The molecule has 2 heterocycles. The van der Waals surface area contributed by atoms with Gasteiger partial charge in [-0.25, -0.2) is 9.48 Å². The average molecular weight is 244 g/mol. The number of carbonyl (C=O) groups is 1. The van der Waals surface area contributed by atoms with Gasteiger partial charge in [-0.3, -0.25) is 0 Å². The normalized spacial score (nSPS) is 10.8. The predicted molar refractivity (Wildman–Crippen MR) is 65.9 cm³/mol. The van der Waals surface area contributed by atoms with Crippen LogP contribution in [0.4, 0.5) is 0 Å². The number of benzene rings is 1. The first-order valence-electron chi connectivity index (χ1n) is 5.01. The lowest BCUT2D eigenvalue weighted by Gasteiger charge is -1.98. The molecule has 2 aromatic heterocycles. The van der Waals surface area contributed by atoms with Gasteiger partial charge in [-0.05, 0) is 12.1 Å². The molecule has 3 aromatic rings. The monoisotopic (exact) mass is 244 g/mol. The second-order valence-corrected chi connectivity index (χ2v) is 4.50. The van der Waals surface area contributed by atoms with E-state index in [0.29, 0.717) is 4.88 Å². The zero-order valence-corrected chi connectivity index (χ0v) is 9.52. The first-order chi connectivity index (χ1) is 8.25. The van der Waals surface area contributed by atoms with Crippen molar-refractivity contribution >= 4 is 28.2 Å². The third-order valence-electron chi connectivity index (χ3n) is 2.52. The van der Waals surface area contributed by atoms with E-state index in [1.54, 1.807) is 22.3 Å². The molecule has 0 aliphatic heterocycles. The van der Waals surface area contributed by atoms with E-state index in [1.165, 1.54) is 11.3 Å². The first-order valence-corrected chi connectivity index (χ1v) is 5.88. The van der Waals surface area contributed by atoms with Crippen LogP contribution in [0.1, 0.15) is 9.67 Å². The number of aromatic carboxylic acids is 1. The van der Waals surface area contributed by atoms with Crippen molar-refractivity contribution in [1.29, 1.82) is 0 Å². The molecule has 0 radical (unpaired) electrons. The number of fused-ring (bicyclic) bond motifs is 1. The van der Waals surface area contributed by atoms with Gasteiger partial charge >= 0.3 is 5.97 Å². The lowest BCUT2D eigenvalue weighted by Crippen LogP contribution is -1.95. The largest absolute Gasteiger partial charge is 0.477 e. The highest BCUT2D eigenvalue weighted by molar-refractivity contribution is 7.12. The average Bonchev–Trinajstić information content (AvgIpc) is 2.95. The van der Waals surface area contributed by atoms with Crippen LogP contribution in [0.15, 0.2) is 41.9 Å². The summed E-state index contributed by atoms with van der Waals surface area (Å²) in [5.74, 6) is -0.905. The molecule has 0 amide bonds. The van der Waals surface area contributed by atoms with Gasteiger partial charge in [0.2, 0.25) is 0 Å². The summed E-state index contributed by atoms with van der Waals surface area (Å²) in [6.07, 6.45) is 1.77. The van der Waals surface area contributed by atoms with Crippen molar-refractivity contribution in [3.63, 3.8) is 0 Å². The highest BCUT2D eigenvalue weighted by Gasteiger charge is 2.10. The van der Waals surface area contributed by atoms with E-state index >= 15 is 0 Å². The number of para-hydroxylation sites is 1. The van der Waals surface area contributed by atoms with Crippen molar-refractivity contribution in [2.24, 2.45) is 0 Å². The molecular weight excluding hydrogens is 236 g/mol. The quantitative estimate of drug-likeness (QED) is 0.754. The van der Waals surface area contributed by atoms with Gasteiger partial charge < -0.3 is 5.11 Å². The number of nitrogens with zero attached hydrogens (tertiary/aromatic N) is 2. The number of rotatable bonds is 2. The van der Waals surface area contributed by atoms with Crippen LogP contribution in [0.3, 0.4) is 0 Å². The maximum absolute atomic E-state index is 10.8. The van der Waals surface area contributed by atoms with Crippen molar-refractivity contribution in [2.45, 2.75) is 0 Å². The maximum atomic E-state index is 10.8. The van der Waals surface area contributed by atoms with Crippen molar-refractivity contribution in [1.82, 2.24) is 9.78 Å². The summed E-state index contributed by atoms with van der Waals surface area (Å²) in [6, 6.07) is 9.45. The minimum Gasteiger partial charge on any atom is -0.477 e. The van der Waals surface area contributed by atoms with Gasteiger partial charge in [0.1, 0.15) is 4.88 Å². The highest BCUT2D eigenvalue weighted by atomic mass is 32.1. The summed E-state index contributed by atoms with van der Waals surface area (Å²) < 4.78 is 1.75. The maximum Gasteiger partial charge on any atom is 0.345 e. The Bertz CT molecular complexity index is 699. The first kappa shape index (κ1) is 10.0. The summed E-state index contributed by atoms with van der Waals surface area (Å²) in [5.41, 5.74) is 1.76. The fraction of sp³-hybridized carbons (Fsp3) is 0. The van der Waals surface area contributed by atoms with E-state index in [9.17, 15) is 4.79 Å². The van der Waals surface area contributed by atoms with Crippen LogP contribution in [0.25, 0.3) is 16.6 Å². The van der Waals surface area contributed by atoms with E-state index < -0.39 is 5.97 Å². The van der Waals surface area contributed by atoms with Gasteiger partial charge in [-0.2, -0.15) is 5.10 Å². The van der Waals surface area contributed by atoms with E-state index in [4.69, 9.17) is 5.11 Å². The number of carboxylic acids is 1. The van der Waals surface area contributed by atoms with E-state index in [-0.39, 0.29) is 0 Å². The van der Waals surface area contributed by atoms with Gasteiger partial charge in [-0.1, -0.05) is 18.2 Å². The van der Waals surface area contributed by atoms with Crippen LogP contribution >= 0.6 is 11.3 Å². The van der Waals surface area contributed by atoms with Crippen LogP contribution in [0.2, 0.25) is 0 Å². The Hall–Kier alpha value is -2.14. The second kappa shape index (κ2) is 3.71. The Labute approximate surface area is 101 Å². The summed E-state index contributed by atoms with van der Waals surface area (Å²) in [7, 11) is 0. The molecule has 0 atom stereocenters. The number of hydrogen-bond acceptors (Lipinski definition) is 3. The van der Waals surface area contributed by atoms with E-state index in [2.05, 4.69) is 5.10 Å². The third-order valence-corrected chi connectivity index (χ3v) is 3.42. The molecule has 84 valence electrons. The molecule has 0 saturated heterocycles. The standard InChI is InChI=1S/C12H8N2O2S/c15-12(16)11-5-9(7-17-11)14-10-4-2-1-3-8(10)6-13-14/h1-7H,(H,15,16). The molecule has 0 spiro atoms. The third kappa shape index (κ3) is 1.60. The number of hydrogen-bond donors (Lipinski definition) is 1. The van der Waals surface area contributed by atoms with Gasteiger partial charge in [0.25, 0.3) is 0 Å². The Kier molecular flexibility index (Phi) is 2.19. The van der Waals surface area contributed by atoms with Crippen LogP contribution < -0.4 is 0 Å². The summed E-state index contributed by atoms with van der Waals surface area (Å²) in [5, 5.41) is 16.0. The highest BCUT2D eigenvalue weighted by Crippen LogP contribution is 2.22. The van der Waals surface area contributed by atoms with Crippen molar-refractivity contribution in [2.75, 3.05) is 0 Å². The molecule has 4 nitrogen and oxygen atoms in total. The fourth-order valence-electron chi connectivity index (χ4n) is 1.73. The van der Waals surface area contributed by atoms with Crippen LogP contribution in [-0.2, 0) is 0 Å². The molecule has 0 aliphatic carbocycles. The predicted octanol–water partition coefficient (Wildman–Crippen LogP) is 2.79. The number of thiophene rings is 1. The SMILES string of the molecule is O=C(O)c1cc(-n2ncc3ccccc32)cs1. The topological polar surface area (TPSA) is 55.1 Å². The van der Waals surface area contributed by atoms with Crippen LogP contribution in [-0.4, -0.2) is 20.9 Å². The Morgan fingerprint density at radius 2 is 2.18 bits per heavy atom. The molecule has 3 rings (SSSR count). The Balaban J connectivity index is 2.17. The fourth-order valence-corrected chi connectivity index (χ4v) is 2.43. The molecule has 0 unspecified atom stereocenters. The molecule has 5 heteroatoms. The molecule has 17 heavy (non-hydrogen) atoms. The molecule has 0 fully saturated rings. The molecule has 0 saturated carbocycles. The number of carboxylic acid groups (broad SMARTS) is 1. The molecule has 1 N–H and O–H groups in total. The lowest BCUT2D eigenvalue weighted by atomic mass is 10.2. The van der Waals surface area contributed by atoms with E-state index in [1.807, 2.05) is 24.3 Å². The Morgan fingerprint density at radius 1 is 1.35 bits per heavy atom.